The Morgan fingerprint density at radius 3 is 3.00 bits per heavy atom. The van der Waals surface area contributed by atoms with Crippen LogP contribution in [0.1, 0.15) is 26.2 Å². The Balaban J connectivity index is 2.33. The number of nitrogens with zero attached hydrogens (tertiary/aromatic N) is 1. The number of rotatable bonds is 2. The van der Waals surface area contributed by atoms with Crippen LogP contribution in [0.4, 0.5) is 0 Å². The molecule has 88 valence electrons. The molecular weight excluding hydrogens is 210 g/mol. The molecule has 1 atom stereocenters. The molecule has 0 aromatic rings. The lowest BCUT2D eigenvalue weighted by molar-refractivity contribution is -0.139. The predicted molar refractivity (Wildman–Crippen MR) is 55.2 cm³/mol. The maximum absolute atomic E-state index is 11.7. The summed E-state index contributed by atoms with van der Waals surface area (Å²) < 4.78 is 4.93. The van der Waals surface area contributed by atoms with Gasteiger partial charge in [-0.1, -0.05) is 0 Å². The molecule has 0 aromatic heterocycles. The van der Waals surface area contributed by atoms with Crippen molar-refractivity contribution in [3.05, 3.63) is 11.3 Å². The fourth-order valence-corrected chi connectivity index (χ4v) is 2.23. The standard InChI is InChI=1S/C11H15NO4/c1-2-16-11(15)7-3-4-9(14)12-6-5-8(13)10(7)12/h8,13H,2-6H2,1H3/t8-/m0/s1. The second-order valence-electron chi connectivity index (χ2n) is 3.93. The minimum absolute atomic E-state index is 0.0143. The van der Waals surface area contributed by atoms with Crippen molar-refractivity contribution < 1.29 is 19.4 Å². The van der Waals surface area contributed by atoms with Gasteiger partial charge in [0.1, 0.15) is 0 Å². The van der Waals surface area contributed by atoms with E-state index < -0.39 is 12.1 Å². The highest BCUT2D eigenvalue weighted by Gasteiger charge is 2.38. The van der Waals surface area contributed by atoms with Crippen molar-refractivity contribution in [3.63, 3.8) is 0 Å². The van der Waals surface area contributed by atoms with Gasteiger partial charge in [0.05, 0.1) is 24.0 Å². The Hall–Kier alpha value is -1.36. The molecule has 2 rings (SSSR count). The molecule has 16 heavy (non-hydrogen) atoms. The first-order valence-corrected chi connectivity index (χ1v) is 5.53. The first-order chi connectivity index (χ1) is 7.65. The highest BCUT2D eigenvalue weighted by Crippen LogP contribution is 2.32. The SMILES string of the molecule is CCOC(=O)C1=C2[C@@H](O)CCN2C(=O)CC1. The summed E-state index contributed by atoms with van der Waals surface area (Å²) in [7, 11) is 0. The summed E-state index contributed by atoms with van der Waals surface area (Å²) in [6.07, 6.45) is 0.498. The summed E-state index contributed by atoms with van der Waals surface area (Å²) >= 11 is 0. The van der Waals surface area contributed by atoms with Crippen LogP contribution in [0.5, 0.6) is 0 Å². The van der Waals surface area contributed by atoms with E-state index in [1.165, 1.54) is 4.90 Å². The molecule has 0 aliphatic carbocycles. The minimum Gasteiger partial charge on any atom is -0.463 e. The van der Waals surface area contributed by atoms with Crippen LogP contribution in [-0.2, 0) is 14.3 Å². The monoisotopic (exact) mass is 225 g/mol. The number of carbonyl (C=O) groups excluding carboxylic acids is 2. The molecule has 2 heterocycles. The Bertz CT molecular complexity index is 361. The van der Waals surface area contributed by atoms with Gasteiger partial charge in [-0.25, -0.2) is 4.79 Å². The maximum Gasteiger partial charge on any atom is 0.335 e. The molecule has 1 amide bonds. The van der Waals surface area contributed by atoms with Crippen LogP contribution in [0.15, 0.2) is 11.3 Å². The van der Waals surface area contributed by atoms with E-state index in [1.807, 2.05) is 0 Å². The van der Waals surface area contributed by atoms with Crippen LogP contribution in [-0.4, -0.2) is 41.1 Å². The highest BCUT2D eigenvalue weighted by molar-refractivity contribution is 5.94. The molecular formula is C11H15NO4. The zero-order valence-electron chi connectivity index (χ0n) is 9.23. The molecule has 0 saturated carbocycles. The second-order valence-corrected chi connectivity index (χ2v) is 3.93. The van der Waals surface area contributed by atoms with Crippen molar-refractivity contribution >= 4 is 11.9 Å². The average Bonchev–Trinajstić information content (AvgIpc) is 2.63. The first-order valence-electron chi connectivity index (χ1n) is 5.53. The van der Waals surface area contributed by atoms with Gasteiger partial charge in [-0.2, -0.15) is 0 Å². The number of carbonyl (C=O) groups is 2. The molecule has 1 saturated heterocycles. The molecule has 5 nitrogen and oxygen atoms in total. The molecule has 0 spiro atoms. The molecule has 2 aliphatic heterocycles. The van der Waals surface area contributed by atoms with Crippen LogP contribution in [0.25, 0.3) is 0 Å². The van der Waals surface area contributed by atoms with Crippen molar-refractivity contribution in [1.29, 1.82) is 0 Å². The number of aliphatic hydroxyl groups excluding tert-OH is 1. The lowest BCUT2D eigenvalue weighted by atomic mass is 10.0. The number of esters is 1. The van der Waals surface area contributed by atoms with Gasteiger partial charge in [-0.05, 0) is 19.8 Å². The molecule has 1 fully saturated rings. The van der Waals surface area contributed by atoms with Gasteiger partial charge in [0.15, 0.2) is 0 Å². The largest absolute Gasteiger partial charge is 0.463 e. The van der Waals surface area contributed by atoms with Crippen LogP contribution >= 0.6 is 0 Å². The Kier molecular flexibility index (Phi) is 2.96. The van der Waals surface area contributed by atoms with E-state index in [-0.39, 0.29) is 5.91 Å². The van der Waals surface area contributed by atoms with Crippen LogP contribution in [0.3, 0.4) is 0 Å². The minimum atomic E-state index is -0.705. The van der Waals surface area contributed by atoms with Gasteiger partial charge >= 0.3 is 5.97 Å². The highest BCUT2D eigenvalue weighted by atomic mass is 16.5. The van der Waals surface area contributed by atoms with Gasteiger partial charge < -0.3 is 14.7 Å². The smallest absolute Gasteiger partial charge is 0.335 e. The average molecular weight is 225 g/mol. The van der Waals surface area contributed by atoms with Crippen LogP contribution in [0, 0.1) is 0 Å². The van der Waals surface area contributed by atoms with Crippen LogP contribution < -0.4 is 0 Å². The molecule has 2 aliphatic rings. The van der Waals surface area contributed by atoms with E-state index in [9.17, 15) is 14.7 Å². The number of amides is 1. The molecule has 5 heteroatoms. The fraction of sp³-hybridized carbons (Fsp3) is 0.636. The van der Waals surface area contributed by atoms with Gasteiger partial charge in [0.2, 0.25) is 5.91 Å². The number of fused-ring (bicyclic) bond motifs is 1. The first kappa shape index (κ1) is 11.1. The maximum atomic E-state index is 11.7. The van der Waals surface area contributed by atoms with E-state index in [0.717, 1.165) is 0 Å². The van der Waals surface area contributed by atoms with Gasteiger partial charge in [-0.15, -0.1) is 0 Å². The van der Waals surface area contributed by atoms with Crippen molar-refractivity contribution in [2.45, 2.75) is 32.3 Å². The van der Waals surface area contributed by atoms with Crippen molar-refractivity contribution in [3.8, 4) is 0 Å². The zero-order valence-corrected chi connectivity index (χ0v) is 9.23. The topological polar surface area (TPSA) is 66.8 Å². The third kappa shape index (κ3) is 1.71. The quantitative estimate of drug-likeness (QED) is 0.681. The lowest BCUT2D eigenvalue weighted by Crippen LogP contribution is -2.34. The molecule has 1 N–H and O–H groups in total. The van der Waals surface area contributed by atoms with Crippen molar-refractivity contribution in [1.82, 2.24) is 4.90 Å². The van der Waals surface area contributed by atoms with Crippen molar-refractivity contribution in [2.75, 3.05) is 13.2 Å². The Labute approximate surface area is 93.7 Å². The summed E-state index contributed by atoms with van der Waals surface area (Å²) in [5, 5.41) is 9.77. The third-order valence-corrected chi connectivity index (χ3v) is 2.95. The summed E-state index contributed by atoms with van der Waals surface area (Å²) in [5.74, 6) is -0.421. The number of ether oxygens (including phenoxy) is 1. The van der Waals surface area contributed by atoms with E-state index in [0.29, 0.717) is 43.7 Å². The summed E-state index contributed by atoms with van der Waals surface area (Å²) in [4.78, 5) is 24.8. The normalized spacial score (nSPS) is 24.8. The number of hydrogen-bond acceptors (Lipinski definition) is 4. The van der Waals surface area contributed by atoms with Gasteiger partial charge in [0.25, 0.3) is 0 Å². The molecule has 0 radical (unpaired) electrons. The zero-order chi connectivity index (χ0) is 11.7. The molecule has 0 unspecified atom stereocenters. The predicted octanol–water partition coefficient (Wildman–Crippen LogP) is 0.191. The van der Waals surface area contributed by atoms with Crippen molar-refractivity contribution in [2.24, 2.45) is 0 Å². The lowest BCUT2D eigenvalue weighted by Gasteiger charge is -2.26. The second kappa shape index (κ2) is 4.25. The fourth-order valence-electron chi connectivity index (χ4n) is 2.23. The van der Waals surface area contributed by atoms with E-state index in [2.05, 4.69) is 0 Å². The number of aliphatic hydroxyl groups is 1. The Morgan fingerprint density at radius 1 is 1.56 bits per heavy atom. The summed E-state index contributed by atoms with van der Waals surface area (Å²) in [6, 6.07) is 0. The van der Waals surface area contributed by atoms with Gasteiger partial charge in [0, 0.05) is 13.0 Å². The molecule has 0 bridgehead atoms. The van der Waals surface area contributed by atoms with E-state index >= 15 is 0 Å². The summed E-state index contributed by atoms with van der Waals surface area (Å²) in [5.41, 5.74) is 0.932. The number of hydrogen-bond donors (Lipinski definition) is 1. The third-order valence-electron chi connectivity index (χ3n) is 2.95. The molecule has 0 aromatic carbocycles. The van der Waals surface area contributed by atoms with Crippen LogP contribution in [0.2, 0.25) is 0 Å². The summed E-state index contributed by atoms with van der Waals surface area (Å²) in [6.45, 7) is 2.54. The Morgan fingerprint density at radius 2 is 2.31 bits per heavy atom. The van der Waals surface area contributed by atoms with E-state index in [4.69, 9.17) is 4.74 Å². The van der Waals surface area contributed by atoms with E-state index in [1.54, 1.807) is 6.92 Å². The van der Waals surface area contributed by atoms with Gasteiger partial charge in [-0.3, -0.25) is 4.79 Å².